The largest absolute Gasteiger partial charge is 0.480 e. The van der Waals surface area contributed by atoms with Crippen LogP contribution in [0.5, 0.6) is 11.5 Å². The van der Waals surface area contributed by atoms with Gasteiger partial charge in [-0.05, 0) is 48.3 Å². The lowest BCUT2D eigenvalue weighted by atomic mass is 9.86. The average Bonchev–Trinajstić information content (AvgIpc) is 2.93. The summed E-state index contributed by atoms with van der Waals surface area (Å²) in [5, 5.41) is 10.2. The Morgan fingerprint density at radius 2 is 1.62 bits per heavy atom. The van der Waals surface area contributed by atoms with Gasteiger partial charge in [-0.25, -0.2) is 4.79 Å². The van der Waals surface area contributed by atoms with Crippen molar-refractivity contribution in [3.63, 3.8) is 0 Å². The molecule has 0 bridgehead atoms. The summed E-state index contributed by atoms with van der Waals surface area (Å²) in [6.45, 7) is 4.06. The van der Waals surface area contributed by atoms with E-state index in [9.17, 15) is 14.7 Å². The Kier molecular flexibility index (Phi) is 6.82. The maximum Gasteiger partial charge on any atom is 0.326 e. The summed E-state index contributed by atoms with van der Waals surface area (Å²) in [5.74, 6) is 0.424. The quantitative estimate of drug-likeness (QED) is 0.482. The Balaban J connectivity index is 1.55. The number of carbonyl (C=O) groups excluding carboxylic acids is 1. The molecule has 188 valence electrons. The molecule has 2 heterocycles. The number of carboxylic acid groups (broad SMARTS) is 1. The van der Waals surface area contributed by atoms with Crippen LogP contribution in [0, 0.1) is 0 Å². The maximum absolute atomic E-state index is 14.1. The van der Waals surface area contributed by atoms with Crippen molar-refractivity contribution in [3.05, 3.63) is 119 Å². The average molecular weight is 496 g/mol. The minimum atomic E-state index is -1.05. The number of allylic oxidation sites excluding steroid dienone is 2. The zero-order valence-corrected chi connectivity index (χ0v) is 20.9. The Hall–Kier alpha value is -4.32. The number of amides is 1. The Morgan fingerprint density at radius 1 is 0.973 bits per heavy atom. The van der Waals surface area contributed by atoms with Gasteiger partial charge in [0, 0.05) is 18.5 Å². The smallest absolute Gasteiger partial charge is 0.326 e. The molecule has 1 amide bonds. The number of rotatable bonds is 5. The predicted octanol–water partition coefficient (Wildman–Crippen LogP) is 5.83. The standard InChI is InChI=1S/C31H29NO5/c1-3-11-26-25(4-2)36-27-17-16-22-19-32(24(31(34)35)18-23(22)29(27)37-26)30(33)28(20-12-7-5-8-13-20)21-14-9-6-10-15-21/h4-17,24,28H,3,18-19H2,1-2H3,(H,34,35). The van der Waals surface area contributed by atoms with Crippen molar-refractivity contribution in [2.75, 3.05) is 0 Å². The zero-order chi connectivity index (χ0) is 25.9. The number of carbonyl (C=O) groups is 2. The highest BCUT2D eigenvalue weighted by molar-refractivity contribution is 5.91. The molecule has 5 rings (SSSR count). The molecule has 0 fully saturated rings. The van der Waals surface area contributed by atoms with Crippen LogP contribution in [0.15, 0.2) is 96.5 Å². The van der Waals surface area contributed by atoms with Gasteiger partial charge in [0.2, 0.25) is 5.91 Å². The molecular weight excluding hydrogens is 466 g/mol. The van der Waals surface area contributed by atoms with Crippen molar-refractivity contribution in [2.45, 2.75) is 45.2 Å². The first-order chi connectivity index (χ1) is 18.0. The van der Waals surface area contributed by atoms with E-state index in [0.717, 1.165) is 28.7 Å². The zero-order valence-electron chi connectivity index (χ0n) is 20.9. The number of hydrogen-bond donors (Lipinski definition) is 1. The SMILES string of the molecule is CC=C1Oc2ccc3c(c2OC1=CCC)CC(C(=O)O)N(C(=O)C(c1ccccc1)c1ccccc1)C3. The maximum atomic E-state index is 14.1. The highest BCUT2D eigenvalue weighted by atomic mass is 16.6. The van der Waals surface area contributed by atoms with Crippen molar-refractivity contribution >= 4 is 11.9 Å². The molecule has 37 heavy (non-hydrogen) atoms. The first-order valence-electron chi connectivity index (χ1n) is 12.5. The Morgan fingerprint density at radius 3 is 2.19 bits per heavy atom. The van der Waals surface area contributed by atoms with E-state index < -0.39 is 17.9 Å². The number of ether oxygens (including phenoxy) is 2. The highest BCUT2D eigenvalue weighted by Crippen LogP contribution is 2.44. The lowest BCUT2D eigenvalue weighted by Crippen LogP contribution is -2.50. The summed E-state index contributed by atoms with van der Waals surface area (Å²) in [7, 11) is 0. The fraction of sp³-hybridized carbons (Fsp3) is 0.226. The molecular formula is C31H29NO5. The summed E-state index contributed by atoms with van der Waals surface area (Å²) in [6.07, 6.45) is 4.68. The van der Waals surface area contributed by atoms with Crippen molar-refractivity contribution in [2.24, 2.45) is 0 Å². The van der Waals surface area contributed by atoms with Crippen LogP contribution in [-0.2, 0) is 22.6 Å². The van der Waals surface area contributed by atoms with Crippen LogP contribution in [-0.4, -0.2) is 27.9 Å². The fourth-order valence-corrected chi connectivity index (χ4v) is 5.05. The minimum Gasteiger partial charge on any atom is -0.480 e. The number of carboxylic acids is 1. The van der Waals surface area contributed by atoms with Crippen molar-refractivity contribution in [1.29, 1.82) is 0 Å². The van der Waals surface area contributed by atoms with Gasteiger partial charge in [0.15, 0.2) is 23.0 Å². The van der Waals surface area contributed by atoms with Crippen LogP contribution < -0.4 is 9.47 Å². The van der Waals surface area contributed by atoms with E-state index in [0.29, 0.717) is 23.0 Å². The predicted molar refractivity (Wildman–Crippen MR) is 140 cm³/mol. The monoisotopic (exact) mass is 495 g/mol. The van der Waals surface area contributed by atoms with E-state index >= 15 is 0 Å². The van der Waals surface area contributed by atoms with Crippen LogP contribution in [0.1, 0.15) is 48.4 Å². The molecule has 1 atom stereocenters. The van der Waals surface area contributed by atoms with E-state index in [1.807, 2.05) is 98.8 Å². The molecule has 0 spiro atoms. The van der Waals surface area contributed by atoms with Gasteiger partial charge in [-0.1, -0.05) is 73.7 Å². The highest BCUT2D eigenvalue weighted by Gasteiger charge is 2.40. The van der Waals surface area contributed by atoms with Gasteiger partial charge < -0.3 is 19.5 Å². The normalized spacial score (nSPS) is 18.7. The molecule has 6 heteroatoms. The molecule has 6 nitrogen and oxygen atoms in total. The number of fused-ring (bicyclic) bond motifs is 3. The molecule has 0 saturated heterocycles. The third-order valence-corrected chi connectivity index (χ3v) is 6.84. The van der Waals surface area contributed by atoms with E-state index in [1.165, 1.54) is 4.90 Å². The number of aliphatic carboxylic acids is 1. The number of nitrogens with zero attached hydrogens (tertiary/aromatic N) is 1. The first-order valence-corrected chi connectivity index (χ1v) is 12.5. The van der Waals surface area contributed by atoms with Gasteiger partial charge in [0.25, 0.3) is 0 Å². The van der Waals surface area contributed by atoms with Crippen molar-refractivity contribution in [1.82, 2.24) is 4.90 Å². The van der Waals surface area contributed by atoms with Crippen LogP contribution in [0.3, 0.4) is 0 Å². The van der Waals surface area contributed by atoms with E-state index in [4.69, 9.17) is 9.47 Å². The van der Waals surface area contributed by atoms with Crippen LogP contribution >= 0.6 is 0 Å². The second-order valence-electron chi connectivity index (χ2n) is 9.14. The van der Waals surface area contributed by atoms with E-state index in [1.54, 1.807) is 0 Å². The molecule has 3 aromatic rings. The fourth-order valence-electron chi connectivity index (χ4n) is 5.05. The summed E-state index contributed by atoms with van der Waals surface area (Å²) in [4.78, 5) is 28.1. The van der Waals surface area contributed by atoms with Crippen LogP contribution in [0.25, 0.3) is 0 Å². The molecule has 2 aliphatic heterocycles. The van der Waals surface area contributed by atoms with Gasteiger partial charge in [-0.15, -0.1) is 0 Å². The van der Waals surface area contributed by atoms with Crippen molar-refractivity contribution in [3.8, 4) is 11.5 Å². The molecule has 2 aliphatic rings. The van der Waals surface area contributed by atoms with Gasteiger partial charge >= 0.3 is 5.97 Å². The van der Waals surface area contributed by atoms with Crippen molar-refractivity contribution < 1.29 is 24.2 Å². The molecule has 0 radical (unpaired) electrons. The molecule has 3 aromatic carbocycles. The molecule has 0 aromatic heterocycles. The minimum absolute atomic E-state index is 0.129. The van der Waals surface area contributed by atoms with Gasteiger partial charge in [-0.3, -0.25) is 4.79 Å². The summed E-state index contributed by atoms with van der Waals surface area (Å²) >= 11 is 0. The summed E-state index contributed by atoms with van der Waals surface area (Å²) < 4.78 is 12.3. The number of benzene rings is 3. The summed E-state index contributed by atoms with van der Waals surface area (Å²) in [6, 6.07) is 21.7. The topological polar surface area (TPSA) is 76.1 Å². The molecule has 1 unspecified atom stereocenters. The Bertz CT molecular complexity index is 1340. The van der Waals surface area contributed by atoms with E-state index in [2.05, 4.69) is 0 Å². The Labute approximate surface area is 216 Å². The third kappa shape index (κ3) is 4.62. The van der Waals surface area contributed by atoms with E-state index in [-0.39, 0.29) is 18.9 Å². The molecule has 0 aliphatic carbocycles. The second-order valence-corrected chi connectivity index (χ2v) is 9.14. The first kappa shape index (κ1) is 24.4. The van der Waals surface area contributed by atoms with Gasteiger partial charge in [0.05, 0.1) is 5.92 Å². The van der Waals surface area contributed by atoms with Crippen LogP contribution in [0.4, 0.5) is 0 Å². The van der Waals surface area contributed by atoms with Gasteiger partial charge in [0.1, 0.15) is 6.04 Å². The molecule has 0 saturated carbocycles. The van der Waals surface area contributed by atoms with Crippen LogP contribution in [0.2, 0.25) is 0 Å². The summed E-state index contributed by atoms with van der Waals surface area (Å²) in [5.41, 5.74) is 3.27. The third-order valence-electron chi connectivity index (χ3n) is 6.84. The second kappa shape index (κ2) is 10.3. The number of hydrogen-bond acceptors (Lipinski definition) is 4. The molecule has 1 N–H and O–H groups in total. The van der Waals surface area contributed by atoms with Gasteiger partial charge in [-0.2, -0.15) is 0 Å². The lowest BCUT2D eigenvalue weighted by molar-refractivity contribution is -0.151. The lowest BCUT2D eigenvalue weighted by Gasteiger charge is -2.38.